The number of hydrogen-bond acceptors (Lipinski definition) is 5. The van der Waals surface area contributed by atoms with Crippen molar-refractivity contribution >= 4 is 21.6 Å². The lowest BCUT2D eigenvalue weighted by Gasteiger charge is -2.27. The second-order valence-corrected chi connectivity index (χ2v) is 9.15. The molecule has 1 N–H and O–H groups in total. The minimum Gasteiger partial charge on any atom is -0.353 e. The van der Waals surface area contributed by atoms with Crippen LogP contribution in [0, 0.1) is 6.92 Å². The Morgan fingerprint density at radius 1 is 1.30 bits per heavy atom. The van der Waals surface area contributed by atoms with Crippen molar-refractivity contribution in [1.29, 1.82) is 0 Å². The summed E-state index contributed by atoms with van der Waals surface area (Å²) >= 11 is 0. The van der Waals surface area contributed by atoms with Crippen LogP contribution in [0.3, 0.4) is 0 Å². The number of benzene rings is 1. The van der Waals surface area contributed by atoms with Crippen LogP contribution < -0.4 is 10.2 Å². The van der Waals surface area contributed by atoms with Gasteiger partial charge in [0.15, 0.2) is 9.84 Å². The first-order valence-electron chi connectivity index (χ1n) is 9.15. The van der Waals surface area contributed by atoms with Crippen molar-refractivity contribution in [3.05, 3.63) is 59.3 Å². The van der Waals surface area contributed by atoms with Crippen LogP contribution in [0.15, 0.2) is 42.6 Å². The summed E-state index contributed by atoms with van der Waals surface area (Å²) < 4.78 is 23.5. The van der Waals surface area contributed by atoms with Crippen molar-refractivity contribution in [2.75, 3.05) is 23.0 Å². The number of aryl methyl sites for hydroxylation is 1. The van der Waals surface area contributed by atoms with E-state index >= 15 is 0 Å². The van der Waals surface area contributed by atoms with Gasteiger partial charge in [0.1, 0.15) is 5.82 Å². The van der Waals surface area contributed by atoms with Crippen molar-refractivity contribution in [3.8, 4) is 0 Å². The third-order valence-corrected chi connectivity index (χ3v) is 6.58. The number of nitrogens with one attached hydrogen (secondary N) is 1. The highest BCUT2D eigenvalue weighted by Gasteiger charge is 2.32. The van der Waals surface area contributed by atoms with E-state index in [1.807, 2.05) is 43.0 Å². The Kier molecular flexibility index (Phi) is 5.79. The predicted octanol–water partition coefficient (Wildman–Crippen LogP) is 2.33. The first-order valence-corrected chi connectivity index (χ1v) is 11.0. The molecule has 1 atom stereocenters. The van der Waals surface area contributed by atoms with Gasteiger partial charge in [0, 0.05) is 25.3 Å². The Bertz CT molecular complexity index is 910. The van der Waals surface area contributed by atoms with E-state index < -0.39 is 9.84 Å². The summed E-state index contributed by atoms with van der Waals surface area (Å²) in [5.74, 6) is 0.923. The van der Waals surface area contributed by atoms with Crippen molar-refractivity contribution in [2.45, 2.75) is 32.9 Å². The highest BCUT2D eigenvalue weighted by Crippen LogP contribution is 2.22. The fourth-order valence-electron chi connectivity index (χ4n) is 3.43. The first-order chi connectivity index (χ1) is 12.9. The van der Waals surface area contributed by atoms with Crippen molar-refractivity contribution in [3.63, 3.8) is 0 Å². The van der Waals surface area contributed by atoms with Gasteiger partial charge in [0.05, 0.1) is 17.1 Å². The Balaban J connectivity index is 1.64. The van der Waals surface area contributed by atoms with E-state index in [1.54, 1.807) is 18.3 Å². The summed E-state index contributed by atoms with van der Waals surface area (Å²) in [4.78, 5) is 18.8. The molecule has 1 unspecified atom stereocenters. The molecule has 3 rings (SSSR count). The lowest BCUT2D eigenvalue weighted by molar-refractivity contribution is 0.0950. The molecular weight excluding hydrogens is 362 g/mol. The molecule has 0 saturated carbocycles. The van der Waals surface area contributed by atoms with Gasteiger partial charge in [-0.15, -0.1) is 0 Å². The zero-order chi connectivity index (χ0) is 19.4. The van der Waals surface area contributed by atoms with Crippen LogP contribution in [-0.4, -0.2) is 43.4 Å². The van der Waals surface area contributed by atoms with Crippen LogP contribution in [0.5, 0.6) is 0 Å². The van der Waals surface area contributed by atoms with E-state index in [4.69, 9.17) is 0 Å². The highest BCUT2D eigenvalue weighted by atomic mass is 32.2. The van der Waals surface area contributed by atoms with Crippen LogP contribution in [0.1, 0.15) is 34.8 Å². The van der Waals surface area contributed by atoms with E-state index in [1.165, 1.54) is 0 Å². The van der Waals surface area contributed by atoms with Crippen molar-refractivity contribution in [2.24, 2.45) is 0 Å². The maximum absolute atomic E-state index is 12.4. The van der Waals surface area contributed by atoms with E-state index in [9.17, 15) is 13.2 Å². The minimum absolute atomic E-state index is 0.0477. The molecule has 0 aliphatic carbocycles. The monoisotopic (exact) mass is 387 g/mol. The van der Waals surface area contributed by atoms with Crippen LogP contribution in [0.25, 0.3) is 0 Å². The maximum Gasteiger partial charge on any atom is 0.253 e. The SMILES string of the molecule is CCN(c1ccc(C(=O)NCc2cccc(C)c2)cn1)C1CCS(=O)(=O)C1. The molecule has 1 amide bonds. The van der Waals surface area contributed by atoms with Gasteiger partial charge in [-0.3, -0.25) is 4.79 Å². The van der Waals surface area contributed by atoms with E-state index in [0.29, 0.717) is 30.9 Å². The molecule has 0 spiro atoms. The molecule has 27 heavy (non-hydrogen) atoms. The lowest BCUT2D eigenvalue weighted by Crippen LogP contribution is -2.36. The average Bonchev–Trinajstić information content (AvgIpc) is 3.00. The number of pyridine rings is 1. The normalized spacial score (nSPS) is 18.2. The molecule has 1 saturated heterocycles. The standard InChI is InChI=1S/C20H25N3O3S/c1-3-23(18-9-10-27(25,26)14-18)19-8-7-17(13-21-19)20(24)22-12-16-6-4-5-15(2)11-16/h4-8,11,13,18H,3,9-10,12,14H2,1-2H3,(H,22,24). The van der Waals surface area contributed by atoms with Crippen molar-refractivity contribution < 1.29 is 13.2 Å². The third-order valence-electron chi connectivity index (χ3n) is 4.83. The first kappa shape index (κ1) is 19.4. The van der Waals surface area contributed by atoms with Gasteiger partial charge in [-0.25, -0.2) is 13.4 Å². The second-order valence-electron chi connectivity index (χ2n) is 6.92. The lowest BCUT2D eigenvalue weighted by atomic mass is 10.1. The second kappa shape index (κ2) is 8.08. The molecule has 1 aromatic heterocycles. The molecule has 2 heterocycles. The minimum atomic E-state index is -2.95. The molecule has 7 heteroatoms. The fourth-order valence-corrected chi connectivity index (χ4v) is 5.16. The zero-order valence-electron chi connectivity index (χ0n) is 15.7. The number of sulfone groups is 1. The molecule has 0 bridgehead atoms. The Morgan fingerprint density at radius 2 is 2.11 bits per heavy atom. The Morgan fingerprint density at radius 3 is 2.70 bits per heavy atom. The average molecular weight is 388 g/mol. The number of carbonyl (C=O) groups excluding carboxylic acids is 1. The Hall–Kier alpha value is -2.41. The summed E-state index contributed by atoms with van der Waals surface area (Å²) in [5, 5.41) is 2.90. The summed E-state index contributed by atoms with van der Waals surface area (Å²) in [5.41, 5.74) is 2.69. The maximum atomic E-state index is 12.4. The summed E-state index contributed by atoms with van der Waals surface area (Å²) in [6.07, 6.45) is 2.17. The van der Waals surface area contributed by atoms with Crippen LogP contribution in [0.4, 0.5) is 5.82 Å². The smallest absolute Gasteiger partial charge is 0.253 e. The molecule has 6 nitrogen and oxygen atoms in total. The van der Waals surface area contributed by atoms with Gasteiger partial charge < -0.3 is 10.2 Å². The number of anilines is 1. The largest absolute Gasteiger partial charge is 0.353 e. The van der Waals surface area contributed by atoms with E-state index in [0.717, 1.165) is 11.1 Å². The number of amides is 1. The van der Waals surface area contributed by atoms with Gasteiger partial charge in [-0.05, 0) is 38.0 Å². The quantitative estimate of drug-likeness (QED) is 0.823. The number of rotatable bonds is 6. The molecule has 2 aromatic rings. The van der Waals surface area contributed by atoms with Crippen LogP contribution >= 0.6 is 0 Å². The topological polar surface area (TPSA) is 79.4 Å². The molecular formula is C20H25N3O3S. The van der Waals surface area contributed by atoms with Crippen LogP contribution in [-0.2, 0) is 16.4 Å². The van der Waals surface area contributed by atoms with Gasteiger partial charge in [-0.1, -0.05) is 29.8 Å². The number of nitrogens with zero attached hydrogens (tertiary/aromatic N) is 2. The highest BCUT2D eigenvalue weighted by molar-refractivity contribution is 7.91. The number of aromatic nitrogens is 1. The Labute approximate surface area is 160 Å². The molecule has 1 fully saturated rings. The summed E-state index contributed by atoms with van der Waals surface area (Å²) in [6.45, 7) is 5.13. The molecule has 0 radical (unpaired) electrons. The summed E-state index contributed by atoms with van der Waals surface area (Å²) in [7, 11) is -2.95. The van der Waals surface area contributed by atoms with Gasteiger partial charge in [-0.2, -0.15) is 0 Å². The molecule has 1 aliphatic heterocycles. The van der Waals surface area contributed by atoms with E-state index in [-0.39, 0.29) is 23.5 Å². The molecule has 144 valence electrons. The van der Waals surface area contributed by atoms with Gasteiger partial charge in [0.25, 0.3) is 5.91 Å². The zero-order valence-corrected chi connectivity index (χ0v) is 16.5. The third kappa shape index (κ3) is 4.86. The summed E-state index contributed by atoms with van der Waals surface area (Å²) in [6, 6.07) is 11.5. The number of carbonyl (C=O) groups is 1. The van der Waals surface area contributed by atoms with E-state index in [2.05, 4.69) is 10.3 Å². The predicted molar refractivity (Wildman–Crippen MR) is 107 cm³/mol. The van der Waals surface area contributed by atoms with Gasteiger partial charge >= 0.3 is 0 Å². The van der Waals surface area contributed by atoms with Crippen LogP contribution in [0.2, 0.25) is 0 Å². The molecule has 1 aromatic carbocycles. The molecule has 1 aliphatic rings. The van der Waals surface area contributed by atoms with Crippen molar-refractivity contribution in [1.82, 2.24) is 10.3 Å². The number of hydrogen-bond donors (Lipinski definition) is 1. The van der Waals surface area contributed by atoms with Gasteiger partial charge in [0.2, 0.25) is 0 Å². The fraction of sp³-hybridized carbons (Fsp3) is 0.400.